The molecule has 0 aromatic heterocycles. The largest absolute Gasteiger partial charge is 0.326 e. The van der Waals surface area contributed by atoms with Gasteiger partial charge in [-0.3, -0.25) is 10.1 Å². The molecule has 148 valence electrons. The number of hydrogen-bond acceptors (Lipinski definition) is 4. The molecule has 3 aromatic rings. The Morgan fingerprint density at radius 1 is 0.828 bits per heavy atom. The van der Waals surface area contributed by atoms with Crippen molar-refractivity contribution < 1.29 is 18.0 Å². The van der Waals surface area contributed by atoms with Gasteiger partial charge in [0.2, 0.25) is 0 Å². The Hall–Kier alpha value is -3.16. The fourth-order valence-electron chi connectivity index (χ4n) is 2.60. The lowest BCUT2D eigenvalue weighted by Crippen LogP contribution is -2.34. The minimum absolute atomic E-state index is 0.118. The molecular weight excluding hydrogens is 412 g/mol. The van der Waals surface area contributed by atoms with E-state index in [9.17, 15) is 18.0 Å². The zero-order chi connectivity index (χ0) is 20.9. The van der Waals surface area contributed by atoms with E-state index in [0.717, 1.165) is 0 Å². The van der Waals surface area contributed by atoms with Crippen LogP contribution in [-0.2, 0) is 15.6 Å². The van der Waals surface area contributed by atoms with Gasteiger partial charge >= 0.3 is 6.03 Å². The number of carbonyl (C=O) groups is 2. The zero-order valence-corrected chi connectivity index (χ0v) is 16.7. The van der Waals surface area contributed by atoms with Crippen molar-refractivity contribution in [2.24, 2.45) is 0 Å². The van der Waals surface area contributed by atoms with Gasteiger partial charge in [-0.2, -0.15) is 0 Å². The Labute approximate surface area is 173 Å². The molecule has 0 spiro atoms. The second-order valence-corrected chi connectivity index (χ2v) is 8.55. The molecule has 0 saturated carbocycles. The van der Waals surface area contributed by atoms with Crippen LogP contribution in [0.2, 0.25) is 5.02 Å². The van der Waals surface area contributed by atoms with E-state index in [1.807, 2.05) is 6.07 Å². The summed E-state index contributed by atoms with van der Waals surface area (Å²) in [6.07, 6.45) is 0. The van der Waals surface area contributed by atoms with Gasteiger partial charge in [-0.25, -0.2) is 13.2 Å². The lowest BCUT2D eigenvalue weighted by Gasteiger charge is -2.09. The van der Waals surface area contributed by atoms with Crippen LogP contribution in [-0.4, -0.2) is 20.4 Å². The van der Waals surface area contributed by atoms with Crippen molar-refractivity contribution in [3.63, 3.8) is 0 Å². The minimum atomic E-state index is -3.52. The maximum atomic E-state index is 12.5. The first kappa shape index (κ1) is 20.6. The molecule has 29 heavy (non-hydrogen) atoms. The number of urea groups is 1. The average Bonchev–Trinajstić information content (AvgIpc) is 2.69. The minimum Gasteiger partial charge on any atom is -0.308 e. The predicted octanol–water partition coefficient (Wildman–Crippen LogP) is 4.28. The number of anilines is 1. The van der Waals surface area contributed by atoms with Crippen LogP contribution in [0, 0.1) is 0 Å². The fourth-order valence-corrected chi connectivity index (χ4v) is 4.17. The summed E-state index contributed by atoms with van der Waals surface area (Å²) in [5, 5.41) is 4.88. The SMILES string of the molecule is O=C(NC(=O)c1ccccc1Cl)Nc1ccc(S(=O)(=O)Cc2ccccc2)cc1. The molecule has 0 aliphatic rings. The van der Waals surface area contributed by atoms with E-state index in [-0.39, 0.29) is 21.2 Å². The van der Waals surface area contributed by atoms with Crippen LogP contribution in [0.5, 0.6) is 0 Å². The Kier molecular flexibility index (Phi) is 6.31. The molecule has 0 aliphatic carbocycles. The van der Waals surface area contributed by atoms with Crippen molar-refractivity contribution in [3.05, 3.63) is 95.0 Å². The highest BCUT2D eigenvalue weighted by Gasteiger charge is 2.16. The first-order valence-electron chi connectivity index (χ1n) is 8.59. The Morgan fingerprint density at radius 2 is 1.45 bits per heavy atom. The van der Waals surface area contributed by atoms with Crippen LogP contribution in [0.1, 0.15) is 15.9 Å². The van der Waals surface area contributed by atoms with Gasteiger partial charge in [0, 0.05) is 5.69 Å². The van der Waals surface area contributed by atoms with Gasteiger partial charge in [-0.15, -0.1) is 0 Å². The maximum absolute atomic E-state index is 12.5. The molecule has 6 nitrogen and oxygen atoms in total. The van der Waals surface area contributed by atoms with Gasteiger partial charge in [-0.1, -0.05) is 54.1 Å². The van der Waals surface area contributed by atoms with Crippen LogP contribution in [0.15, 0.2) is 83.8 Å². The van der Waals surface area contributed by atoms with Crippen LogP contribution < -0.4 is 10.6 Å². The van der Waals surface area contributed by atoms with Crippen LogP contribution in [0.4, 0.5) is 10.5 Å². The highest BCUT2D eigenvalue weighted by atomic mass is 35.5. The monoisotopic (exact) mass is 428 g/mol. The lowest BCUT2D eigenvalue weighted by molar-refractivity contribution is 0.0967. The van der Waals surface area contributed by atoms with Gasteiger partial charge < -0.3 is 5.32 Å². The smallest absolute Gasteiger partial charge is 0.308 e. The van der Waals surface area contributed by atoms with Crippen molar-refractivity contribution in [3.8, 4) is 0 Å². The number of carbonyl (C=O) groups excluding carboxylic acids is 2. The molecule has 0 aliphatic heterocycles. The highest BCUT2D eigenvalue weighted by Crippen LogP contribution is 2.19. The molecule has 3 aromatic carbocycles. The maximum Gasteiger partial charge on any atom is 0.326 e. The van der Waals surface area contributed by atoms with E-state index < -0.39 is 21.8 Å². The summed E-state index contributed by atoms with van der Waals surface area (Å²) in [5.74, 6) is -0.761. The number of sulfone groups is 1. The molecule has 0 fully saturated rings. The third-order valence-electron chi connectivity index (χ3n) is 4.02. The molecule has 0 unspecified atom stereocenters. The first-order valence-corrected chi connectivity index (χ1v) is 10.6. The third-order valence-corrected chi connectivity index (χ3v) is 6.05. The molecule has 3 amide bonds. The van der Waals surface area contributed by atoms with Crippen LogP contribution >= 0.6 is 11.6 Å². The van der Waals surface area contributed by atoms with E-state index in [2.05, 4.69) is 10.6 Å². The molecule has 8 heteroatoms. The number of amides is 3. The molecular formula is C21H17ClN2O4S. The van der Waals surface area contributed by atoms with Crippen molar-refractivity contribution in [2.75, 3.05) is 5.32 Å². The number of nitrogens with one attached hydrogen (secondary N) is 2. The van der Waals surface area contributed by atoms with Crippen molar-refractivity contribution in [1.82, 2.24) is 5.32 Å². The number of rotatable bonds is 5. The Bertz CT molecular complexity index is 1130. The van der Waals surface area contributed by atoms with E-state index >= 15 is 0 Å². The quantitative estimate of drug-likeness (QED) is 0.634. The normalized spacial score (nSPS) is 10.9. The van der Waals surface area contributed by atoms with Gasteiger partial charge in [0.25, 0.3) is 5.91 Å². The molecule has 0 atom stereocenters. The molecule has 0 bridgehead atoms. The number of hydrogen-bond donors (Lipinski definition) is 2. The van der Waals surface area contributed by atoms with Gasteiger partial charge in [-0.05, 0) is 42.0 Å². The molecule has 0 heterocycles. The van der Waals surface area contributed by atoms with Gasteiger partial charge in [0.1, 0.15) is 0 Å². The van der Waals surface area contributed by atoms with Crippen LogP contribution in [0.25, 0.3) is 0 Å². The average molecular weight is 429 g/mol. The summed E-state index contributed by atoms with van der Waals surface area (Å²) >= 11 is 5.93. The van der Waals surface area contributed by atoms with E-state index in [1.54, 1.807) is 42.5 Å². The summed E-state index contributed by atoms with van der Waals surface area (Å²) in [7, 11) is -3.52. The van der Waals surface area contributed by atoms with E-state index in [4.69, 9.17) is 11.6 Å². The zero-order valence-electron chi connectivity index (χ0n) is 15.1. The van der Waals surface area contributed by atoms with Crippen molar-refractivity contribution in [2.45, 2.75) is 10.6 Å². The second-order valence-electron chi connectivity index (χ2n) is 6.16. The van der Waals surface area contributed by atoms with Gasteiger partial charge in [0.05, 0.1) is 21.2 Å². The summed E-state index contributed by atoms with van der Waals surface area (Å²) in [6, 6.07) is 20.2. The molecule has 2 N–H and O–H groups in total. The third kappa shape index (κ3) is 5.43. The predicted molar refractivity (Wildman–Crippen MR) is 112 cm³/mol. The Morgan fingerprint density at radius 3 is 2.10 bits per heavy atom. The van der Waals surface area contributed by atoms with Crippen LogP contribution in [0.3, 0.4) is 0 Å². The highest BCUT2D eigenvalue weighted by molar-refractivity contribution is 7.90. The van der Waals surface area contributed by atoms with E-state index in [0.29, 0.717) is 11.3 Å². The number of imide groups is 1. The summed E-state index contributed by atoms with van der Waals surface area (Å²) in [5.41, 5.74) is 1.20. The summed E-state index contributed by atoms with van der Waals surface area (Å²) < 4.78 is 25.0. The topological polar surface area (TPSA) is 92.3 Å². The summed E-state index contributed by atoms with van der Waals surface area (Å²) in [6.45, 7) is 0. The molecule has 0 saturated heterocycles. The first-order chi connectivity index (χ1) is 13.8. The summed E-state index contributed by atoms with van der Waals surface area (Å²) in [4.78, 5) is 24.3. The van der Waals surface area contributed by atoms with Crippen molar-refractivity contribution in [1.29, 1.82) is 0 Å². The van der Waals surface area contributed by atoms with Crippen molar-refractivity contribution >= 4 is 39.1 Å². The second kappa shape index (κ2) is 8.89. The molecule has 0 radical (unpaired) electrons. The van der Waals surface area contributed by atoms with E-state index in [1.165, 1.54) is 30.3 Å². The number of halogens is 1. The Balaban J connectivity index is 1.63. The molecule has 3 rings (SSSR count). The lowest BCUT2D eigenvalue weighted by atomic mass is 10.2. The number of benzene rings is 3. The fraction of sp³-hybridized carbons (Fsp3) is 0.0476. The standard InChI is InChI=1S/C21H17ClN2O4S/c22-19-9-5-4-8-18(19)20(25)24-21(26)23-16-10-12-17(13-11-16)29(27,28)14-15-6-2-1-3-7-15/h1-13H,14H2,(H2,23,24,25,26). The van der Waals surface area contributed by atoms with Gasteiger partial charge in [0.15, 0.2) is 9.84 Å².